The van der Waals surface area contributed by atoms with Crippen LogP contribution in [-0.2, 0) is 4.79 Å². The van der Waals surface area contributed by atoms with Gasteiger partial charge >= 0.3 is 0 Å². The third kappa shape index (κ3) is 5.24. The number of anilines is 1. The van der Waals surface area contributed by atoms with Gasteiger partial charge in [-0.05, 0) is 55.8 Å². The van der Waals surface area contributed by atoms with E-state index in [0.717, 1.165) is 49.5 Å². The van der Waals surface area contributed by atoms with E-state index in [1.165, 1.54) is 5.56 Å². The van der Waals surface area contributed by atoms with E-state index in [0.29, 0.717) is 0 Å². The van der Waals surface area contributed by atoms with Gasteiger partial charge in [0.15, 0.2) is 0 Å². The van der Waals surface area contributed by atoms with Gasteiger partial charge in [-0.2, -0.15) is 0 Å². The summed E-state index contributed by atoms with van der Waals surface area (Å²) in [5, 5.41) is 3.08. The molecule has 1 fully saturated rings. The van der Waals surface area contributed by atoms with E-state index >= 15 is 0 Å². The van der Waals surface area contributed by atoms with Crippen molar-refractivity contribution in [1.29, 1.82) is 0 Å². The molecule has 0 aliphatic carbocycles. The Balaban J connectivity index is 1.26. The van der Waals surface area contributed by atoms with E-state index in [-0.39, 0.29) is 11.8 Å². The van der Waals surface area contributed by atoms with Crippen LogP contribution in [0.15, 0.2) is 83.5 Å². The van der Waals surface area contributed by atoms with Crippen molar-refractivity contribution in [3.8, 4) is 11.3 Å². The Hall–Kier alpha value is -3.11. The first-order valence-electron chi connectivity index (χ1n) is 10.2. The quantitative estimate of drug-likeness (QED) is 0.624. The number of hydrogen-bond donors (Lipinski definition) is 1. The van der Waals surface area contributed by atoms with Crippen LogP contribution in [0.5, 0.6) is 0 Å². The average molecular weight is 386 g/mol. The van der Waals surface area contributed by atoms with Crippen molar-refractivity contribution in [2.75, 3.05) is 25.0 Å². The molecule has 0 spiro atoms. The normalized spacial score (nSPS) is 15.6. The lowest BCUT2D eigenvalue weighted by Crippen LogP contribution is -2.38. The summed E-state index contributed by atoms with van der Waals surface area (Å²) in [6, 6.07) is 21.9. The highest BCUT2D eigenvalue weighted by Gasteiger charge is 2.24. The van der Waals surface area contributed by atoms with Gasteiger partial charge < -0.3 is 9.73 Å². The maximum atomic E-state index is 12.7. The van der Waals surface area contributed by atoms with Gasteiger partial charge in [-0.1, -0.05) is 54.6 Å². The number of carbonyl (C=O) groups is 1. The molecular formula is C25H26N2O2. The van der Waals surface area contributed by atoms with Gasteiger partial charge in [-0.3, -0.25) is 9.69 Å². The highest BCUT2D eigenvalue weighted by molar-refractivity contribution is 5.93. The van der Waals surface area contributed by atoms with Crippen LogP contribution < -0.4 is 5.32 Å². The second-order valence-electron chi connectivity index (χ2n) is 7.44. The molecule has 1 saturated heterocycles. The van der Waals surface area contributed by atoms with Gasteiger partial charge in [0.25, 0.3) is 0 Å². The Labute approximate surface area is 171 Å². The summed E-state index contributed by atoms with van der Waals surface area (Å²) in [6.07, 6.45) is 7.80. The van der Waals surface area contributed by atoms with E-state index in [1.807, 2.05) is 54.6 Å². The van der Waals surface area contributed by atoms with Gasteiger partial charge in [0, 0.05) is 23.7 Å². The van der Waals surface area contributed by atoms with Crippen LogP contribution in [0.25, 0.3) is 17.4 Å². The van der Waals surface area contributed by atoms with Crippen molar-refractivity contribution in [1.82, 2.24) is 4.90 Å². The number of likely N-dealkylation sites (tertiary alicyclic amines) is 1. The third-order valence-corrected chi connectivity index (χ3v) is 5.37. The highest BCUT2D eigenvalue weighted by Crippen LogP contribution is 2.24. The summed E-state index contributed by atoms with van der Waals surface area (Å²) < 4.78 is 5.44. The summed E-state index contributed by atoms with van der Waals surface area (Å²) in [6.45, 7) is 2.82. The minimum Gasteiger partial charge on any atom is -0.464 e. The fourth-order valence-electron chi connectivity index (χ4n) is 3.72. The van der Waals surface area contributed by atoms with Gasteiger partial charge in [-0.25, -0.2) is 0 Å². The summed E-state index contributed by atoms with van der Waals surface area (Å²) >= 11 is 0. The predicted molar refractivity (Wildman–Crippen MR) is 117 cm³/mol. The van der Waals surface area contributed by atoms with Gasteiger partial charge in [0.2, 0.25) is 5.91 Å². The average Bonchev–Trinajstić information content (AvgIpc) is 3.30. The van der Waals surface area contributed by atoms with Gasteiger partial charge in [0.1, 0.15) is 5.76 Å². The van der Waals surface area contributed by atoms with Crippen LogP contribution in [0.3, 0.4) is 0 Å². The Morgan fingerprint density at radius 1 is 1.03 bits per heavy atom. The molecule has 1 aliphatic rings. The lowest BCUT2D eigenvalue weighted by Gasteiger charge is -2.30. The predicted octanol–water partition coefficient (Wildman–Crippen LogP) is 5.31. The van der Waals surface area contributed by atoms with E-state index in [2.05, 4.69) is 34.5 Å². The largest absolute Gasteiger partial charge is 0.464 e. The molecule has 148 valence electrons. The Morgan fingerprint density at radius 2 is 1.86 bits per heavy atom. The van der Waals surface area contributed by atoms with E-state index < -0.39 is 0 Å². The molecule has 3 aromatic rings. The lowest BCUT2D eigenvalue weighted by molar-refractivity contribution is -0.121. The van der Waals surface area contributed by atoms with Crippen molar-refractivity contribution in [3.05, 3.63) is 84.6 Å². The summed E-state index contributed by atoms with van der Waals surface area (Å²) in [5.74, 6) is 0.982. The zero-order chi connectivity index (χ0) is 19.9. The number of piperidine rings is 1. The summed E-state index contributed by atoms with van der Waals surface area (Å²) in [7, 11) is 0. The molecule has 2 heterocycles. The zero-order valence-electron chi connectivity index (χ0n) is 16.5. The molecule has 29 heavy (non-hydrogen) atoms. The number of nitrogens with zero attached hydrogens (tertiary/aromatic N) is 1. The number of benzene rings is 2. The molecule has 4 heteroatoms. The molecule has 0 bridgehead atoms. The molecular weight excluding hydrogens is 360 g/mol. The lowest BCUT2D eigenvalue weighted by atomic mass is 9.95. The monoisotopic (exact) mass is 386 g/mol. The van der Waals surface area contributed by atoms with Crippen LogP contribution in [0.4, 0.5) is 5.69 Å². The molecule has 1 aliphatic heterocycles. The fourth-order valence-corrected chi connectivity index (χ4v) is 3.72. The Morgan fingerprint density at radius 3 is 2.62 bits per heavy atom. The second-order valence-corrected chi connectivity index (χ2v) is 7.44. The molecule has 4 nitrogen and oxygen atoms in total. The van der Waals surface area contributed by atoms with Crippen LogP contribution >= 0.6 is 0 Å². The molecule has 1 N–H and O–H groups in total. The fraction of sp³-hybridized carbons (Fsp3) is 0.240. The van der Waals surface area contributed by atoms with Crippen molar-refractivity contribution < 1.29 is 9.21 Å². The number of furan rings is 1. The first kappa shape index (κ1) is 19.2. The zero-order valence-corrected chi connectivity index (χ0v) is 16.5. The molecule has 0 radical (unpaired) electrons. The van der Waals surface area contributed by atoms with Gasteiger partial charge in [-0.15, -0.1) is 0 Å². The number of amides is 1. The first-order valence-corrected chi connectivity index (χ1v) is 10.2. The first-order chi connectivity index (χ1) is 14.3. The second kappa shape index (κ2) is 9.39. The van der Waals surface area contributed by atoms with E-state index in [4.69, 9.17) is 4.42 Å². The summed E-state index contributed by atoms with van der Waals surface area (Å²) in [4.78, 5) is 15.1. The Bertz CT molecular complexity index is 940. The van der Waals surface area contributed by atoms with Crippen molar-refractivity contribution in [3.63, 3.8) is 0 Å². The topological polar surface area (TPSA) is 45.5 Å². The molecule has 4 rings (SSSR count). The third-order valence-electron chi connectivity index (χ3n) is 5.37. The smallest absolute Gasteiger partial charge is 0.227 e. The van der Waals surface area contributed by atoms with E-state index in [9.17, 15) is 4.79 Å². The maximum absolute atomic E-state index is 12.7. The minimum absolute atomic E-state index is 0.0663. The standard InChI is InChI=1S/C25H26N2O2/c28-25(26-23-11-4-10-22(19-23)24-12-6-18-29-24)21-13-16-27(17-14-21)15-5-9-20-7-2-1-3-8-20/h1-12,18-19,21H,13-17H2,(H,26,28)/b9-5+. The Kier molecular flexibility index (Phi) is 6.22. The highest BCUT2D eigenvalue weighted by atomic mass is 16.3. The molecule has 2 aromatic carbocycles. The van der Waals surface area contributed by atoms with Crippen molar-refractivity contribution in [2.24, 2.45) is 5.92 Å². The number of nitrogens with one attached hydrogen (secondary N) is 1. The minimum atomic E-state index is 0.0663. The molecule has 0 atom stereocenters. The maximum Gasteiger partial charge on any atom is 0.227 e. The number of hydrogen-bond acceptors (Lipinski definition) is 3. The van der Waals surface area contributed by atoms with Crippen molar-refractivity contribution in [2.45, 2.75) is 12.8 Å². The number of rotatable bonds is 6. The summed E-state index contributed by atoms with van der Waals surface area (Å²) in [5.41, 5.74) is 3.00. The SMILES string of the molecule is O=C(Nc1cccc(-c2ccco2)c1)C1CCN(C/C=C/c2ccccc2)CC1. The molecule has 0 saturated carbocycles. The molecule has 1 aromatic heterocycles. The van der Waals surface area contributed by atoms with Crippen LogP contribution in [0.1, 0.15) is 18.4 Å². The molecule has 1 amide bonds. The van der Waals surface area contributed by atoms with Crippen LogP contribution in [0.2, 0.25) is 0 Å². The van der Waals surface area contributed by atoms with Crippen molar-refractivity contribution >= 4 is 17.7 Å². The van der Waals surface area contributed by atoms with Crippen LogP contribution in [0, 0.1) is 5.92 Å². The van der Waals surface area contributed by atoms with Gasteiger partial charge in [0.05, 0.1) is 6.26 Å². The number of carbonyl (C=O) groups excluding carboxylic acids is 1. The van der Waals surface area contributed by atoms with Crippen LogP contribution in [-0.4, -0.2) is 30.4 Å². The molecule has 0 unspecified atom stereocenters. The van der Waals surface area contributed by atoms with E-state index in [1.54, 1.807) is 6.26 Å².